The second-order valence-electron chi connectivity index (χ2n) is 1.97. The molecule has 0 aliphatic rings. The third-order valence-corrected chi connectivity index (χ3v) is 1.05. The number of hydrogen-bond donors (Lipinski definition) is 2. The summed E-state index contributed by atoms with van der Waals surface area (Å²) in [7, 11) is 0. The van der Waals surface area contributed by atoms with Crippen LogP contribution in [0, 0.1) is 0 Å². The summed E-state index contributed by atoms with van der Waals surface area (Å²) >= 11 is 0. The first kappa shape index (κ1) is 9.90. The van der Waals surface area contributed by atoms with Crippen LogP contribution in [-0.4, -0.2) is 34.9 Å². The zero-order valence-corrected chi connectivity index (χ0v) is 6.11. The van der Waals surface area contributed by atoms with Gasteiger partial charge in [0, 0.05) is 0 Å². The highest BCUT2D eigenvalue weighted by Crippen LogP contribution is 1.90. The lowest BCUT2D eigenvalue weighted by Crippen LogP contribution is -2.22. The molecule has 0 aliphatic carbocycles. The number of ether oxygens (including phenoxy) is 1. The first-order chi connectivity index (χ1) is 5.07. The molecule has 0 aromatic rings. The summed E-state index contributed by atoms with van der Waals surface area (Å²) in [5.74, 6) is -2.98. The van der Waals surface area contributed by atoms with Crippen molar-refractivity contribution < 1.29 is 24.5 Å². The maximum absolute atomic E-state index is 10.2. The molecule has 11 heavy (non-hydrogen) atoms. The highest BCUT2D eigenvalue weighted by atomic mass is 16.6. The Morgan fingerprint density at radius 1 is 1.55 bits per heavy atom. The smallest absolute Gasteiger partial charge is 0.417 e. The summed E-state index contributed by atoms with van der Waals surface area (Å²) in [5, 5.41) is 16.8. The molecule has 0 heterocycles. The van der Waals surface area contributed by atoms with Gasteiger partial charge in [0.05, 0.1) is 6.10 Å². The average molecular weight is 162 g/mol. The molecule has 0 spiro atoms. The summed E-state index contributed by atoms with van der Waals surface area (Å²) in [4.78, 5) is 20.1. The largest absolute Gasteiger partial charge is 0.473 e. The standard InChI is InChI=1S/C6H10O5/c1-2-4(7)3-11-6(10)5(8)9/h4,7H,2-3H2,1H3,(H,8,9). The Labute approximate surface area is 63.6 Å². The van der Waals surface area contributed by atoms with Crippen molar-refractivity contribution in [3.8, 4) is 0 Å². The Morgan fingerprint density at radius 3 is 2.45 bits per heavy atom. The van der Waals surface area contributed by atoms with Gasteiger partial charge in [-0.2, -0.15) is 0 Å². The van der Waals surface area contributed by atoms with E-state index < -0.39 is 18.0 Å². The maximum atomic E-state index is 10.2. The number of aliphatic hydroxyl groups excluding tert-OH is 1. The van der Waals surface area contributed by atoms with Crippen molar-refractivity contribution in [3.63, 3.8) is 0 Å². The molecule has 64 valence electrons. The van der Waals surface area contributed by atoms with Crippen LogP contribution in [0.25, 0.3) is 0 Å². The lowest BCUT2D eigenvalue weighted by Gasteiger charge is -2.05. The second kappa shape index (κ2) is 4.68. The van der Waals surface area contributed by atoms with Crippen molar-refractivity contribution >= 4 is 11.9 Å². The van der Waals surface area contributed by atoms with Gasteiger partial charge < -0.3 is 14.9 Å². The van der Waals surface area contributed by atoms with Crippen LogP contribution in [0.4, 0.5) is 0 Å². The Bertz CT molecular complexity index is 153. The van der Waals surface area contributed by atoms with Gasteiger partial charge >= 0.3 is 11.9 Å². The number of carboxylic acids is 1. The fourth-order valence-electron chi connectivity index (χ4n) is 0.351. The van der Waals surface area contributed by atoms with Gasteiger partial charge in [-0.3, -0.25) is 0 Å². The minimum atomic E-state index is -1.65. The molecular formula is C6H10O5. The van der Waals surface area contributed by atoms with Crippen LogP contribution in [0.3, 0.4) is 0 Å². The zero-order chi connectivity index (χ0) is 8.85. The van der Waals surface area contributed by atoms with E-state index in [4.69, 9.17) is 10.2 Å². The van der Waals surface area contributed by atoms with Crippen molar-refractivity contribution in [2.45, 2.75) is 19.4 Å². The van der Waals surface area contributed by atoms with E-state index in [1.165, 1.54) is 0 Å². The lowest BCUT2D eigenvalue weighted by molar-refractivity contribution is -0.165. The summed E-state index contributed by atoms with van der Waals surface area (Å²) in [6, 6.07) is 0. The molecule has 0 fully saturated rings. The minimum absolute atomic E-state index is 0.262. The number of rotatable bonds is 3. The highest BCUT2D eigenvalue weighted by molar-refractivity contribution is 6.28. The molecule has 2 N–H and O–H groups in total. The molecule has 5 heteroatoms. The topological polar surface area (TPSA) is 83.8 Å². The Morgan fingerprint density at radius 2 is 2.09 bits per heavy atom. The summed E-state index contributed by atoms with van der Waals surface area (Å²) in [6.07, 6.45) is -0.356. The number of carbonyl (C=O) groups is 2. The third-order valence-electron chi connectivity index (χ3n) is 1.05. The Balaban J connectivity index is 3.54. The normalized spacial score (nSPS) is 12.2. The van der Waals surface area contributed by atoms with Gasteiger partial charge in [-0.05, 0) is 6.42 Å². The van der Waals surface area contributed by atoms with Crippen LogP contribution in [0.1, 0.15) is 13.3 Å². The van der Waals surface area contributed by atoms with Gasteiger partial charge in [0.1, 0.15) is 6.61 Å². The van der Waals surface area contributed by atoms with E-state index in [1.54, 1.807) is 6.92 Å². The maximum Gasteiger partial charge on any atom is 0.417 e. The van der Waals surface area contributed by atoms with Gasteiger partial charge in [0.2, 0.25) is 0 Å². The molecule has 0 aromatic heterocycles. The fourth-order valence-corrected chi connectivity index (χ4v) is 0.351. The first-order valence-electron chi connectivity index (χ1n) is 3.16. The molecule has 0 bridgehead atoms. The molecule has 0 rings (SSSR count). The van der Waals surface area contributed by atoms with Crippen LogP contribution in [0.5, 0.6) is 0 Å². The van der Waals surface area contributed by atoms with Crippen molar-refractivity contribution in [1.82, 2.24) is 0 Å². The molecule has 0 saturated heterocycles. The van der Waals surface area contributed by atoms with Crippen LogP contribution in [0.2, 0.25) is 0 Å². The van der Waals surface area contributed by atoms with Crippen LogP contribution >= 0.6 is 0 Å². The molecule has 1 unspecified atom stereocenters. The Hall–Kier alpha value is -1.10. The lowest BCUT2D eigenvalue weighted by atomic mass is 10.3. The minimum Gasteiger partial charge on any atom is -0.473 e. The summed E-state index contributed by atoms with van der Waals surface area (Å²) < 4.78 is 4.17. The number of carbonyl (C=O) groups excluding carboxylic acids is 1. The predicted molar refractivity (Wildman–Crippen MR) is 34.9 cm³/mol. The first-order valence-corrected chi connectivity index (χ1v) is 3.16. The number of aliphatic hydroxyl groups is 1. The predicted octanol–water partition coefficient (Wildman–Crippen LogP) is -0.615. The average Bonchev–Trinajstić information content (AvgIpc) is 1.99. The third kappa shape index (κ3) is 4.32. The van der Waals surface area contributed by atoms with E-state index in [1.807, 2.05) is 0 Å². The highest BCUT2D eigenvalue weighted by Gasteiger charge is 2.13. The van der Waals surface area contributed by atoms with Crippen LogP contribution in [0.15, 0.2) is 0 Å². The number of aliphatic carboxylic acids is 1. The number of esters is 1. The SMILES string of the molecule is CCC(O)COC(=O)C(=O)O. The van der Waals surface area contributed by atoms with Crippen LogP contribution < -0.4 is 0 Å². The second-order valence-corrected chi connectivity index (χ2v) is 1.97. The molecule has 0 amide bonds. The van der Waals surface area contributed by atoms with E-state index in [-0.39, 0.29) is 6.61 Å². The van der Waals surface area contributed by atoms with Crippen molar-refractivity contribution in [2.24, 2.45) is 0 Å². The van der Waals surface area contributed by atoms with Gasteiger partial charge in [0.15, 0.2) is 0 Å². The fraction of sp³-hybridized carbons (Fsp3) is 0.667. The molecule has 0 radical (unpaired) electrons. The number of hydrogen-bond acceptors (Lipinski definition) is 4. The number of carboxylic acid groups (broad SMARTS) is 1. The molecule has 0 aliphatic heterocycles. The molecular weight excluding hydrogens is 152 g/mol. The summed E-state index contributed by atoms with van der Waals surface area (Å²) in [5.41, 5.74) is 0. The molecule has 0 aromatic carbocycles. The molecule has 0 saturated carbocycles. The monoisotopic (exact) mass is 162 g/mol. The summed E-state index contributed by atoms with van der Waals surface area (Å²) in [6.45, 7) is 1.43. The van der Waals surface area contributed by atoms with Gasteiger partial charge in [0.25, 0.3) is 0 Å². The zero-order valence-electron chi connectivity index (χ0n) is 6.11. The van der Waals surface area contributed by atoms with E-state index >= 15 is 0 Å². The van der Waals surface area contributed by atoms with Crippen LogP contribution in [-0.2, 0) is 14.3 Å². The molecule has 1 atom stereocenters. The molecule has 5 nitrogen and oxygen atoms in total. The Kier molecular flexibility index (Phi) is 4.21. The van der Waals surface area contributed by atoms with E-state index in [0.29, 0.717) is 6.42 Å². The van der Waals surface area contributed by atoms with Crippen molar-refractivity contribution in [3.05, 3.63) is 0 Å². The van der Waals surface area contributed by atoms with E-state index in [9.17, 15) is 9.59 Å². The van der Waals surface area contributed by atoms with Crippen molar-refractivity contribution in [2.75, 3.05) is 6.61 Å². The van der Waals surface area contributed by atoms with Gasteiger partial charge in [-0.1, -0.05) is 6.92 Å². The van der Waals surface area contributed by atoms with Gasteiger partial charge in [-0.15, -0.1) is 0 Å². The van der Waals surface area contributed by atoms with Gasteiger partial charge in [-0.25, -0.2) is 9.59 Å². The van der Waals surface area contributed by atoms with E-state index in [0.717, 1.165) is 0 Å². The van der Waals surface area contributed by atoms with Crippen molar-refractivity contribution in [1.29, 1.82) is 0 Å². The van der Waals surface area contributed by atoms with E-state index in [2.05, 4.69) is 4.74 Å². The quantitative estimate of drug-likeness (QED) is 0.427.